The number of anilines is 1. The summed E-state index contributed by atoms with van der Waals surface area (Å²) < 4.78 is 13.2. The second-order valence-corrected chi connectivity index (χ2v) is 5.08. The fraction of sp³-hybridized carbons (Fsp3) is 0.562. The summed E-state index contributed by atoms with van der Waals surface area (Å²) in [5, 5.41) is 12.6. The summed E-state index contributed by atoms with van der Waals surface area (Å²) in [6.07, 6.45) is 2.48. The standard InChI is InChI=1S/C16H24FN3/c1-4-16(13-18,19-5-2)10-7-11-20(3)15-9-6-8-14(17)12-15/h6,8-9,12,19H,4-5,7,10-11H2,1-3H3. The molecule has 1 unspecified atom stereocenters. The molecule has 1 N–H and O–H groups in total. The lowest BCUT2D eigenvalue weighted by molar-refractivity contribution is 0.373. The second-order valence-electron chi connectivity index (χ2n) is 5.08. The monoisotopic (exact) mass is 277 g/mol. The lowest BCUT2D eigenvalue weighted by atomic mass is 9.92. The van der Waals surface area contributed by atoms with E-state index in [0.717, 1.165) is 38.0 Å². The number of rotatable bonds is 8. The second kappa shape index (κ2) is 7.86. The summed E-state index contributed by atoms with van der Waals surface area (Å²) in [5.74, 6) is -0.220. The molecule has 0 fully saturated rings. The van der Waals surface area contributed by atoms with Gasteiger partial charge in [0.05, 0.1) is 6.07 Å². The number of nitriles is 1. The van der Waals surface area contributed by atoms with E-state index in [1.54, 1.807) is 6.07 Å². The first-order valence-corrected chi connectivity index (χ1v) is 7.20. The molecule has 3 nitrogen and oxygen atoms in total. The lowest BCUT2D eigenvalue weighted by Crippen LogP contribution is -2.43. The number of halogens is 1. The quantitative estimate of drug-likeness (QED) is 0.792. The zero-order valence-corrected chi connectivity index (χ0v) is 12.6. The van der Waals surface area contributed by atoms with Crippen LogP contribution in [0.25, 0.3) is 0 Å². The van der Waals surface area contributed by atoms with Crippen molar-refractivity contribution in [2.75, 3.05) is 25.0 Å². The normalized spacial score (nSPS) is 13.6. The van der Waals surface area contributed by atoms with Gasteiger partial charge < -0.3 is 4.90 Å². The summed E-state index contributed by atoms with van der Waals surface area (Å²) in [5.41, 5.74) is 0.435. The Hall–Kier alpha value is -1.60. The van der Waals surface area contributed by atoms with E-state index in [1.165, 1.54) is 12.1 Å². The van der Waals surface area contributed by atoms with Gasteiger partial charge in [-0.15, -0.1) is 0 Å². The number of hydrogen-bond acceptors (Lipinski definition) is 3. The van der Waals surface area contributed by atoms with E-state index >= 15 is 0 Å². The van der Waals surface area contributed by atoms with Crippen LogP contribution in [-0.2, 0) is 0 Å². The molecular weight excluding hydrogens is 253 g/mol. The topological polar surface area (TPSA) is 39.1 Å². The smallest absolute Gasteiger partial charge is 0.125 e. The van der Waals surface area contributed by atoms with Crippen molar-refractivity contribution in [3.05, 3.63) is 30.1 Å². The first-order valence-electron chi connectivity index (χ1n) is 7.20. The van der Waals surface area contributed by atoms with E-state index in [2.05, 4.69) is 11.4 Å². The third-order valence-electron chi connectivity index (χ3n) is 3.68. The zero-order chi connectivity index (χ0) is 15.0. The molecule has 20 heavy (non-hydrogen) atoms. The lowest BCUT2D eigenvalue weighted by Gasteiger charge is -2.27. The third-order valence-corrected chi connectivity index (χ3v) is 3.68. The molecule has 0 bridgehead atoms. The molecule has 110 valence electrons. The van der Waals surface area contributed by atoms with Crippen LogP contribution in [0.2, 0.25) is 0 Å². The van der Waals surface area contributed by atoms with Gasteiger partial charge in [0.25, 0.3) is 0 Å². The predicted octanol–water partition coefficient (Wildman–Crippen LogP) is 3.32. The Balaban J connectivity index is 2.53. The molecule has 0 aliphatic heterocycles. The third kappa shape index (κ3) is 4.50. The van der Waals surface area contributed by atoms with Crippen LogP contribution in [0.15, 0.2) is 24.3 Å². The molecule has 1 aromatic carbocycles. The fourth-order valence-electron chi connectivity index (χ4n) is 2.36. The molecule has 1 atom stereocenters. The molecule has 1 rings (SSSR count). The predicted molar refractivity (Wildman–Crippen MR) is 81.2 cm³/mol. The summed E-state index contributed by atoms with van der Waals surface area (Å²) in [7, 11) is 1.95. The molecule has 4 heteroatoms. The van der Waals surface area contributed by atoms with Gasteiger partial charge in [-0.3, -0.25) is 5.32 Å². The summed E-state index contributed by atoms with van der Waals surface area (Å²) in [6.45, 7) is 5.64. The van der Waals surface area contributed by atoms with Gasteiger partial charge in [0, 0.05) is 19.3 Å². The highest BCUT2D eigenvalue weighted by atomic mass is 19.1. The first kappa shape index (κ1) is 16.5. The minimum absolute atomic E-state index is 0.220. The van der Waals surface area contributed by atoms with Gasteiger partial charge in [-0.25, -0.2) is 4.39 Å². The van der Waals surface area contributed by atoms with E-state index in [0.29, 0.717) is 0 Å². The molecule has 0 aliphatic rings. The maximum Gasteiger partial charge on any atom is 0.125 e. The maximum atomic E-state index is 13.2. The van der Waals surface area contributed by atoms with Crippen LogP contribution in [0, 0.1) is 17.1 Å². The molecule has 0 saturated heterocycles. The van der Waals surface area contributed by atoms with Crippen molar-refractivity contribution in [1.29, 1.82) is 5.26 Å². The van der Waals surface area contributed by atoms with Gasteiger partial charge in [-0.05, 0) is 44.0 Å². The first-order chi connectivity index (χ1) is 9.56. The minimum Gasteiger partial charge on any atom is -0.375 e. The summed E-state index contributed by atoms with van der Waals surface area (Å²) >= 11 is 0. The van der Waals surface area contributed by atoms with Crippen LogP contribution in [0.5, 0.6) is 0 Å². The highest BCUT2D eigenvalue weighted by Crippen LogP contribution is 2.19. The van der Waals surface area contributed by atoms with Gasteiger partial charge in [0.2, 0.25) is 0 Å². The highest BCUT2D eigenvalue weighted by Gasteiger charge is 2.25. The molecule has 0 radical (unpaired) electrons. The van der Waals surface area contributed by atoms with Crippen molar-refractivity contribution in [1.82, 2.24) is 5.32 Å². The number of nitrogens with zero attached hydrogens (tertiary/aromatic N) is 2. The Labute approximate surface area is 121 Å². The Bertz CT molecular complexity index is 455. The van der Waals surface area contributed by atoms with Gasteiger partial charge >= 0.3 is 0 Å². The summed E-state index contributed by atoms with van der Waals surface area (Å²) in [6, 6.07) is 8.98. The Morgan fingerprint density at radius 2 is 2.15 bits per heavy atom. The molecule has 0 saturated carbocycles. The Kier molecular flexibility index (Phi) is 6.47. The number of benzene rings is 1. The molecular formula is C16H24FN3. The van der Waals surface area contributed by atoms with E-state index < -0.39 is 5.54 Å². The van der Waals surface area contributed by atoms with Gasteiger partial charge in [0.1, 0.15) is 11.4 Å². The fourth-order valence-corrected chi connectivity index (χ4v) is 2.36. The van der Waals surface area contributed by atoms with Crippen molar-refractivity contribution in [3.63, 3.8) is 0 Å². The SMILES string of the molecule is CCNC(C#N)(CC)CCCN(C)c1cccc(F)c1. The number of hydrogen-bond donors (Lipinski definition) is 1. The van der Waals surface area contributed by atoms with Crippen molar-refractivity contribution in [2.24, 2.45) is 0 Å². The maximum absolute atomic E-state index is 13.2. The van der Waals surface area contributed by atoms with Crippen LogP contribution >= 0.6 is 0 Å². The van der Waals surface area contributed by atoms with Crippen molar-refractivity contribution < 1.29 is 4.39 Å². The Morgan fingerprint density at radius 1 is 1.40 bits per heavy atom. The van der Waals surface area contributed by atoms with E-state index in [1.807, 2.05) is 31.9 Å². The Morgan fingerprint density at radius 3 is 2.70 bits per heavy atom. The number of nitrogens with one attached hydrogen (secondary N) is 1. The van der Waals surface area contributed by atoms with Crippen LogP contribution < -0.4 is 10.2 Å². The molecule has 0 heterocycles. The molecule has 0 spiro atoms. The molecule has 0 aromatic heterocycles. The van der Waals surface area contributed by atoms with Gasteiger partial charge in [-0.2, -0.15) is 5.26 Å². The van der Waals surface area contributed by atoms with Crippen LogP contribution in [0.1, 0.15) is 33.1 Å². The van der Waals surface area contributed by atoms with E-state index in [-0.39, 0.29) is 5.82 Å². The van der Waals surface area contributed by atoms with Crippen LogP contribution in [-0.4, -0.2) is 25.7 Å². The zero-order valence-electron chi connectivity index (χ0n) is 12.6. The van der Waals surface area contributed by atoms with Crippen LogP contribution in [0.3, 0.4) is 0 Å². The minimum atomic E-state index is -0.433. The van der Waals surface area contributed by atoms with Crippen molar-refractivity contribution in [2.45, 2.75) is 38.6 Å². The summed E-state index contributed by atoms with van der Waals surface area (Å²) in [4.78, 5) is 2.02. The molecule has 0 amide bonds. The average Bonchev–Trinajstić information content (AvgIpc) is 2.46. The van der Waals surface area contributed by atoms with E-state index in [9.17, 15) is 9.65 Å². The molecule has 0 aliphatic carbocycles. The van der Waals surface area contributed by atoms with Crippen LogP contribution in [0.4, 0.5) is 10.1 Å². The highest BCUT2D eigenvalue weighted by molar-refractivity contribution is 5.45. The van der Waals surface area contributed by atoms with Gasteiger partial charge in [-0.1, -0.05) is 19.9 Å². The van der Waals surface area contributed by atoms with Crippen molar-refractivity contribution in [3.8, 4) is 6.07 Å². The van der Waals surface area contributed by atoms with Gasteiger partial charge in [0.15, 0.2) is 0 Å². The average molecular weight is 277 g/mol. The molecule has 1 aromatic rings. The van der Waals surface area contributed by atoms with Crippen molar-refractivity contribution >= 4 is 5.69 Å². The largest absolute Gasteiger partial charge is 0.375 e. The van der Waals surface area contributed by atoms with E-state index in [4.69, 9.17) is 0 Å².